The standard InChI is InChI=1S/C26H32N6O2/c1-6-19-15-24(33)31(5)25-21(19)17-27-26(29-25)28-20-7-8-22(32-12-10-30(4)11-13-32)23(16-20)34-14-9-18(2)3/h1,7-8,15-18H,9-14H2,2-5H3,(H,27,28,29). The lowest BCUT2D eigenvalue weighted by Gasteiger charge is -2.35. The fraction of sp³-hybridized carbons (Fsp3) is 0.423. The fourth-order valence-corrected chi connectivity index (χ4v) is 3.95. The molecule has 1 fully saturated rings. The van der Waals surface area contributed by atoms with Crippen LogP contribution in [0.1, 0.15) is 25.8 Å². The SMILES string of the molecule is C#Cc1cc(=O)n(C)c2nc(Nc3ccc(N4CCN(C)CC4)c(OCCC(C)C)c3)ncc12. The van der Waals surface area contributed by atoms with Crippen molar-refractivity contribution in [3.8, 4) is 18.1 Å². The van der Waals surface area contributed by atoms with Gasteiger partial charge in [-0.05, 0) is 31.5 Å². The second kappa shape index (κ2) is 10.1. The maximum atomic E-state index is 12.2. The van der Waals surface area contributed by atoms with Gasteiger partial charge in [0.05, 0.1) is 17.7 Å². The summed E-state index contributed by atoms with van der Waals surface area (Å²) in [7, 11) is 3.82. The number of aryl methyl sites for hydroxylation is 1. The molecule has 1 N–H and O–H groups in total. The molecule has 8 nitrogen and oxygen atoms in total. The Balaban J connectivity index is 1.63. The molecule has 0 bridgehead atoms. The molecule has 1 aliphatic heterocycles. The molecule has 0 aliphatic carbocycles. The second-order valence-electron chi connectivity index (χ2n) is 9.16. The van der Waals surface area contributed by atoms with Gasteiger partial charge < -0.3 is 19.9 Å². The van der Waals surface area contributed by atoms with Gasteiger partial charge in [0, 0.05) is 62.8 Å². The van der Waals surface area contributed by atoms with Crippen LogP contribution in [0.5, 0.6) is 5.75 Å². The van der Waals surface area contributed by atoms with Gasteiger partial charge >= 0.3 is 0 Å². The van der Waals surface area contributed by atoms with Gasteiger partial charge in [0.15, 0.2) is 0 Å². The van der Waals surface area contributed by atoms with Crippen LogP contribution in [-0.4, -0.2) is 59.3 Å². The van der Waals surface area contributed by atoms with Gasteiger partial charge in [-0.1, -0.05) is 19.8 Å². The van der Waals surface area contributed by atoms with Crippen LogP contribution in [0.2, 0.25) is 0 Å². The first kappa shape index (κ1) is 23.6. The van der Waals surface area contributed by atoms with Crippen molar-refractivity contribution in [2.45, 2.75) is 20.3 Å². The van der Waals surface area contributed by atoms with E-state index in [1.807, 2.05) is 12.1 Å². The summed E-state index contributed by atoms with van der Waals surface area (Å²) >= 11 is 0. The first-order valence-electron chi connectivity index (χ1n) is 11.7. The lowest BCUT2D eigenvalue weighted by Crippen LogP contribution is -2.44. The highest BCUT2D eigenvalue weighted by molar-refractivity contribution is 5.82. The highest BCUT2D eigenvalue weighted by Crippen LogP contribution is 2.33. The number of rotatable bonds is 7. The Labute approximate surface area is 200 Å². The minimum atomic E-state index is -0.206. The molecule has 8 heteroatoms. The molecule has 3 heterocycles. The average molecular weight is 461 g/mol. The van der Waals surface area contributed by atoms with Gasteiger partial charge in [0.25, 0.3) is 5.56 Å². The number of hydrogen-bond donors (Lipinski definition) is 1. The average Bonchev–Trinajstić information content (AvgIpc) is 2.82. The summed E-state index contributed by atoms with van der Waals surface area (Å²) in [6.45, 7) is 9.01. The van der Waals surface area contributed by atoms with Crippen LogP contribution in [-0.2, 0) is 7.05 Å². The highest BCUT2D eigenvalue weighted by Gasteiger charge is 2.19. The van der Waals surface area contributed by atoms with Crippen molar-refractivity contribution in [1.29, 1.82) is 0 Å². The quantitative estimate of drug-likeness (QED) is 0.543. The van der Waals surface area contributed by atoms with Crippen molar-refractivity contribution in [2.24, 2.45) is 13.0 Å². The topological polar surface area (TPSA) is 75.5 Å². The number of ether oxygens (including phenoxy) is 1. The number of piperazine rings is 1. The van der Waals surface area contributed by atoms with E-state index in [9.17, 15) is 4.79 Å². The molecule has 0 saturated carbocycles. The summed E-state index contributed by atoms with van der Waals surface area (Å²) in [5.41, 5.74) is 2.68. The van der Waals surface area contributed by atoms with Crippen LogP contribution >= 0.6 is 0 Å². The van der Waals surface area contributed by atoms with Crippen molar-refractivity contribution in [3.05, 3.63) is 46.4 Å². The van der Waals surface area contributed by atoms with Crippen molar-refractivity contribution < 1.29 is 4.74 Å². The van der Waals surface area contributed by atoms with Crippen molar-refractivity contribution in [2.75, 3.05) is 50.1 Å². The minimum Gasteiger partial charge on any atom is -0.491 e. The minimum absolute atomic E-state index is 0.206. The van der Waals surface area contributed by atoms with Gasteiger partial charge in [-0.3, -0.25) is 9.36 Å². The molecule has 0 amide bonds. The third-order valence-electron chi connectivity index (χ3n) is 6.14. The summed E-state index contributed by atoms with van der Waals surface area (Å²) in [6, 6.07) is 7.52. The largest absolute Gasteiger partial charge is 0.491 e. The Morgan fingerprint density at radius 1 is 1.18 bits per heavy atom. The van der Waals surface area contributed by atoms with Crippen LogP contribution in [0, 0.1) is 18.3 Å². The molecular weight excluding hydrogens is 428 g/mol. The van der Waals surface area contributed by atoms with E-state index in [1.165, 1.54) is 10.6 Å². The molecule has 1 saturated heterocycles. The molecule has 0 unspecified atom stereocenters. The van der Waals surface area contributed by atoms with E-state index >= 15 is 0 Å². The Morgan fingerprint density at radius 2 is 1.94 bits per heavy atom. The zero-order valence-corrected chi connectivity index (χ0v) is 20.3. The van der Waals surface area contributed by atoms with Crippen LogP contribution in [0.3, 0.4) is 0 Å². The lowest BCUT2D eigenvalue weighted by molar-refractivity contribution is 0.285. The second-order valence-corrected chi connectivity index (χ2v) is 9.16. The number of nitrogens with zero attached hydrogens (tertiary/aromatic N) is 5. The summed E-state index contributed by atoms with van der Waals surface area (Å²) in [6.07, 6.45) is 8.20. The summed E-state index contributed by atoms with van der Waals surface area (Å²) in [5, 5.41) is 3.93. The zero-order chi connectivity index (χ0) is 24.2. The monoisotopic (exact) mass is 460 g/mol. The van der Waals surface area contributed by atoms with Gasteiger partial charge in [-0.2, -0.15) is 4.98 Å². The molecular formula is C26H32N6O2. The number of anilines is 3. The molecule has 2 aromatic heterocycles. The fourth-order valence-electron chi connectivity index (χ4n) is 3.95. The van der Waals surface area contributed by atoms with Gasteiger partial charge in [0.2, 0.25) is 5.95 Å². The van der Waals surface area contributed by atoms with E-state index < -0.39 is 0 Å². The van der Waals surface area contributed by atoms with Gasteiger partial charge in [-0.15, -0.1) is 6.42 Å². The van der Waals surface area contributed by atoms with Gasteiger partial charge in [-0.25, -0.2) is 4.98 Å². The smallest absolute Gasteiger partial charge is 0.253 e. The number of benzene rings is 1. The Bertz CT molecular complexity index is 1270. The zero-order valence-electron chi connectivity index (χ0n) is 20.3. The maximum Gasteiger partial charge on any atom is 0.253 e. The molecule has 178 valence electrons. The maximum absolute atomic E-state index is 12.2. The van der Waals surface area contributed by atoms with E-state index in [0.717, 1.165) is 49.7 Å². The number of fused-ring (bicyclic) bond motifs is 1. The van der Waals surface area contributed by atoms with E-state index in [-0.39, 0.29) is 5.56 Å². The van der Waals surface area contributed by atoms with Crippen LogP contribution in [0.25, 0.3) is 11.0 Å². The highest BCUT2D eigenvalue weighted by atomic mass is 16.5. The van der Waals surface area contributed by atoms with Crippen LogP contribution in [0.15, 0.2) is 35.3 Å². The molecule has 1 aliphatic rings. The first-order valence-corrected chi connectivity index (χ1v) is 11.7. The van der Waals surface area contributed by atoms with Crippen LogP contribution < -0.4 is 20.5 Å². The number of terminal acetylenes is 1. The number of hydrogen-bond acceptors (Lipinski definition) is 7. The molecule has 4 rings (SSSR count). The molecule has 1 aromatic carbocycles. The Kier molecular flexibility index (Phi) is 7.03. The summed E-state index contributed by atoms with van der Waals surface area (Å²) in [5.74, 6) is 4.34. The van der Waals surface area contributed by atoms with E-state index in [0.29, 0.717) is 35.1 Å². The van der Waals surface area contributed by atoms with Crippen molar-refractivity contribution in [3.63, 3.8) is 0 Å². The van der Waals surface area contributed by atoms with E-state index in [4.69, 9.17) is 11.2 Å². The molecule has 0 radical (unpaired) electrons. The molecule has 0 spiro atoms. The van der Waals surface area contributed by atoms with Crippen molar-refractivity contribution >= 4 is 28.4 Å². The molecule has 0 atom stereocenters. The predicted octanol–water partition coefficient (Wildman–Crippen LogP) is 3.23. The molecule has 3 aromatic rings. The number of likely N-dealkylation sites (N-methyl/N-ethyl adjacent to an activating group) is 1. The summed E-state index contributed by atoms with van der Waals surface area (Å²) < 4.78 is 7.71. The number of aromatic nitrogens is 3. The van der Waals surface area contributed by atoms with E-state index in [2.05, 4.69) is 58.0 Å². The van der Waals surface area contributed by atoms with Gasteiger partial charge in [0.1, 0.15) is 11.4 Å². The lowest BCUT2D eigenvalue weighted by atomic mass is 10.1. The van der Waals surface area contributed by atoms with Crippen LogP contribution in [0.4, 0.5) is 17.3 Å². The first-order chi connectivity index (χ1) is 16.4. The third-order valence-corrected chi connectivity index (χ3v) is 6.14. The molecule has 34 heavy (non-hydrogen) atoms. The number of nitrogens with one attached hydrogen (secondary N) is 1. The number of pyridine rings is 1. The predicted molar refractivity (Wildman–Crippen MR) is 137 cm³/mol. The Hall–Kier alpha value is -3.57. The third kappa shape index (κ3) is 5.15. The van der Waals surface area contributed by atoms with E-state index in [1.54, 1.807) is 13.2 Å². The summed E-state index contributed by atoms with van der Waals surface area (Å²) in [4.78, 5) is 25.9. The normalized spacial score (nSPS) is 14.4. The Morgan fingerprint density at radius 3 is 2.65 bits per heavy atom. The van der Waals surface area contributed by atoms with Crippen molar-refractivity contribution in [1.82, 2.24) is 19.4 Å².